The van der Waals surface area contributed by atoms with Crippen LogP contribution in [0.4, 0.5) is 15.2 Å². The number of rotatable bonds is 1. The maximum Gasteiger partial charge on any atom is 0.329 e. The molecule has 0 saturated heterocycles. The Morgan fingerprint density at radius 2 is 2.33 bits per heavy atom. The Labute approximate surface area is 119 Å². The summed E-state index contributed by atoms with van der Waals surface area (Å²) in [4.78, 5) is 17.6. The molecule has 0 bridgehead atoms. The third-order valence-electron chi connectivity index (χ3n) is 3.05. The number of ether oxygens (including phenoxy) is 1. The quantitative estimate of drug-likeness (QED) is 0.868. The van der Waals surface area contributed by atoms with Crippen LogP contribution in [0.25, 0.3) is 0 Å². The van der Waals surface area contributed by atoms with Crippen molar-refractivity contribution in [1.29, 1.82) is 0 Å². The lowest BCUT2D eigenvalue weighted by atomic mass is 10.2. The van der Waals surface area contributed by atoms with Crippen LogP contribution in [0.3, 0.4) is 0 Å². The molecule has 2 amide bonds. The molecule has 1 aromatic heterocycles. The topological polar surface area (TPSA) is 80.5 Å². The highest BCUT2D eigenvalue weighted by Crippen LogP contribution is 2.26. The number of anilines is 1. The summed E-state index contributed by atoms with van der Waals surface area (Å²) < 4.78 is 23.9. The number of urea groups is 1. The number of benzene rings is 1. The van der Waals surface area contributed by atoms with E-state index >= 15 is 0 Å². The Morgan fingerprint density at radius 1 is 1.48 bits per heavy atom. The number of hydrogen-bond acceptors (Lipinski definition) is 5. The fourth-order valence-electron chi connectivity index (χ4n) is 2.07. The van der Waals surface area contributed by atoms with Crippen molar-refractivity contribution in [1.82, 2.24) is 15.0 Å². The molecule has 1 N–H and O–H groups in total. The molecule has 0 unspecified atom stereocenters. The minimum absolute atomic E-state index is 0.0298. The van der Waals surface area contributed by atoms with Crippen LogP contribution in [0.1, 0.15) is 11.4 Å². The van der Waals surface area contributed by atoms with Gasteiger partial charge in [0.15, 0.2) is 17.4 Å². The maximum absolute atomic E-state index is 13.7. The van der Waals surface area contributed by atoms with Crippen molar-refractivity contribution in [3.05, 3.63) is 35.4 Å². The zero-order valence-electron chi connectivity index (χ0n) is 11.3. The Hall–Kier alpha value is -2.64. The van der Waals surface area contributed by atoms with E-state index in [9.17, 15) is 9.18 Å². The Bertz CT molecular complexity index is 673. The minimum Gasteiger partial charge on any atom is -0.488 e. The van der Waals surface area contributed by atoms with Gasteiger partial charge in [-0.3, -0.25) is 5.32 Å². The molecule has 110 valence electrons. The lowest BCUT2D eigenvalue weighted by molar-refractivity contribution is 0.199. The van der Waals surface area contributed by atoms with Gasteiger partial charge in [-0.15, -0.1) is 0 Å². The number of carbonyl (C=O) groups is 1. The van der Waals surface area contributed by atoms with Crippen LogP contribution < -0.4 is 10.1 Å². The number of fused-ring (bicyclic) bond motifs is 1. The number of hydrogen-bond donors (Lipinski definition) is 1. The van der Waals surface area contributed by atoms with E-state index in [2.05, 4.69) is 15.5 Å². The fraction of sp³-hybridized carbons (Fsp3) is 0.308. The zero-order valence-corrected chi connectivity index (χ0v) is 11.3. The van der Waals surface area contributed by atoms with Gasteiger partial charge < -0.3 is 14.2 Å². The number of halogens is 1. The monoisotopic (exact) mass is 292 g/mol. The average molecular weight is 292 g/mol. The van der Waals surface area contributed by atoms with E-state index in [1.165, 1.54) is 11.0 Å². The summed E-state index contributed by atoms with van der Waals surface area (Å²) in [6.45, 7) is 2.43. The van der Waals surface area contributed by atoms with Crippen LogP contribution in [0, 0.1) is 12.7 Å². The lowest BCUT2D eigenvalue weighted by Gasteiger charge is -2.18. The van der Waals surface area contributed by atoms with Crippen molar-refractivity contribution in [2.75, 3.05) is 18.5 Å². The van der Waals surface area contributed by atoms with Crippen LogP contribution >= 0.6 is 0 Å². The third-order valence-corrected chi connectivity index (χ3v) is 3.05. The molecule has 3 rings (SSSR count). The molecule has 7 nitrogen and oxygen atoms in total. The largest absolute Gasteiger partial charge is 0.488 e. The second kappa shape index (κ2) is 5.39. The molecule has 0 saturated carbocycles. The van der Waals surface area contributed by atoms with Gasteiger partial charge >= 0.3 is 12.0 Å². The van der Waals surface area contributed by atoms with Crippen molar-refractivity contribution in [3.8, 4) is 5.75 Å². The van der Waals surface area contributed by atoms with Crippen LogP contribution in [0.5, 0.6) is 5.75 Å². The van der Waals surface area contributed by atoms with Gasteiger partial charge in [-0.2, -0.15) is 4.98 Å². The second-order valence-corrected chi connectivity index (χ2v) is 4.57. The molecule has 2 aromatic rings. The molecule has 0 radical (unpaired) electrons. The second-order valence-electron chi connectivity index (χ2n) is 4.57. The number of para-hydroxylation sites is 1. The van der Waals surface area contributed by atoms with E-state index in [1.54, 1.807) is 19.1 Å². The molecular weight excluding hydrogens is 279 g/mol. The molecule has 1 aliphatic heterocycles. The molecule has 21 heavy (non-hydrogen) atoms. The average Bonchev–Trinajstić information content (AvgIpc) is 2.74. The summed E-state index contributed by atoms with van der Waals surface area (Å²) in [7, 11) is 0. The Balaban J connectivity index is 1.75. The summed E-state index contributed by atoms with van der Waals surface area (Å²) in [5.41, 5.74) is 0.615. The van der Waals surface area contributed by atoms with Gasteiger partial charge in [-0.1, -0.05) is 17.3 Å². The van der Waals surface area contributed by atoms with E-state index in [0.717, 1.165) is 0 Å². The molecular formula is C13H13FN4O3. The molecule has 1 aromatic carbocycles. The maximum atomic E-state index is 13.7. The summed E-state index contributed by atoms with van der Waals surface area (Å²) >= 11 is 0. The summed E-state index contributed by atoms with van der Waals surface area (Å²) in [5, 5.41) is 6.09. The summed E-state index contributed by atoms with van der Waals surface area (Å²) in [6, 6.07) is 4.26. The molecule has 0 fully saturated rings. The van der Waals surface area contributed by atoms with E-state index in [0.29, 0.717) is 17.9 Å². The number of nitrogens with zero attached hydrogens (tertiary/aromatic N) is 3. The van der Waals surface area contributed by atoms with E-state index in [1.807, 2.05) is 0 Å². The van der Waals surface area contributed by atoms with Crippen molar-refractivity contribution in [3.63, 3.8) is 0 Å². The van der Waals surface area contributed by atoms with E-state index < -0.39 is 11.8 Å². The standard InChI is InChI=1S/C13H13FN4O3/c1-8-15-12(21-17-8)16-13(19)18-5-6-20-11-9(7-18)3-2-4-10(11)14/h2-4H,5-7H2,1H3,(H,15,16,17,19). The van der Waals surface area contributed by atoms with E-state index in [4.69, 9.17) is 9.26 Å². The number of carbonyl (C=O) groups excluding carboxylic acids is 1. The number of nitrogens with one attached hydrogen (secondary N) is 1. The van der Waals surface area contributed by atoms with Crippen LogP contribution in [0.2, 0.25) is 0 Å². The van der Waals surface area contributed by atoms with Gasteiger partial charge in [0.05, 0.1) is 13.1 Å². The predicted octanol–water partition coefficient (Wildman–Crippen LogP) is 1.94. The highest BCUT2D eigenvalue weighted by Gasteiger charge is 2.22. The van der Waals surface area contributed by atoms with Crippen molar-refractivity contribution >= 4 is 12.0 Å². The molecule has 0 aliphatic carbocycles. The molecule has 0 spiro atoms. The van der Waals surface area contributed by atoms with E-state index in [-0.39, 0.29) is 24.9 Å². The number of aryl methyl sites for hydroxylation is 1. The van der Waals surface area contributed by atoms with Gasteiger partial charge in [0, 0.05) is 5.56 Å². The first-order chi connectivity index (χ1) is 10.1. The van der Waals surface area contributed by atoms with Gasteiger partial charge in [0.1, 0.15) is 6.61 Å². The molecule has 1 aliphatic rings. The first-order valence-electron chi connectivity index (χ1n) is 6.40. The molecule has 0 atom stereocenters. The first-order valence-corrected chi connectivity index (χ1v) is 6.40. The van der Waals surface area contributed by atoms with Crippen molar-refractivity contribution < 1.29 is 18.4 Å². The fourth-order valence-corrected chi connectivity index (χ4v) is 2.07. The first kappa shape index (κ1) is 13.3. The van der Waals surface area contributed by atoms with Crippen LogP contribution in [-0.4, -0.2) is 34.2 Å². The minimum atomic E-state index is -0.428. The molecule has 2 heterocycles. The molecule has 8 heteroatoms. The highest BCUT2D eigenvalue weighted by molar-refractivity contribution is 5.87. The van der Waals surface area contributed by atoms with Gasteiger partial charge in [0.2, 0.25) is 0 Å². The highest BCUT2D eigenvalue weighted by atomic mass is 19.1. The van der Waals surface area contributed by atoms with Gasteiger partial charge in [0.25, 0.3) is 0 Å². The number of amides is 2. The predicted molar refractivity (Wildman–Crippen MR) is 70.4 cm³/mol. The van der Waals surface area contributed by atoms with Crippen molar-refractivity contribution in [2.45, 2.75) is 13.5 Å². The SMILES string of the molecule is Cc1noc(NC(=O)N2CCOc3c(F)cccc3C2)n1. The van der Waals surface area contributed by atoms with Crippen LogP contribution in [-0.2, 0) is 6.54 Å². The summed E-state index contributed by atoms with van der Waals surface area (Å²) in [5.74, 6) is 0.195. The normalized spacial score (nSPS) is 14.1. The Kier molecular flexibility index (Phi) is 3.43. The zero-order chi connectivity index (χ0) is 14.8. The summed E-state index contributed by atoms with van der Waals surface area (Å²) in [6.07, 6.45) is 0. The van der Waals surface area contributed by atoms with Crippen LogP contribution in [0.15, 0.2) is 22.7 Å². The third kappa shape index (κ3) is 2.78. The van der Waals surface area contributed by atoms with Gasteiger partial charge in [-0.05, 0) is 13.0 Å². The number of aromatic nitrogens is 2. The van der Waals surface area contributed by atoms with Gasteiger partial charge in [-0.25, -0.2) is 9.18 Å². The van der Waals surface area contributed by atoms with Crippen molar-refractivity contribution in [2.24, 2.45) is 0 Å². The Morgan fingerprint density at radius 3 is 3.10 bits per heavy atom. The smallest absolute Gasteiger partial charge is 0.329 e. The lowest BCUT2D eigenvalue weighted by Crippen LogP contribution is -2.36.